The van der Waals surface area contributed by atoms with Gasteiger partial charge in [0.2, 0.25) is 0 Å². The van der Waals surface area contributed by atoms with Crippen LogP contribution in [0.15, 0.2) is 11.0 Å². The van der Waals surface area contributed by atoms with Crippen LogP contribution in [0.2, 0.25) is 0 Å². The van der Waals surface area contributed by atoms with Crippen molar-refractivity contribution in [3.63, 3.8) is 0 Å². The summed E-state index contributed by atoms with van der Waals surface area (Å²) in [6, 6.07) is -0.883. The molecule has 11 nitrogen and oxygen atoms in total. The van der Waals surface area contributed by atoms with Gasteiger partial charge in [-0.1, -0.05) is 53.4 Å². The summed E-state index contributed by atoms with van der Waals surface area (Å²) in [6.07, 6.45) is 3.50. The van der Waals surface area contributed by atoms with E-state index in [0.717, 1.165) is 36.4 Å². The Balaban J connectivity index is 2.30. The Hall–Kier alpha value is -1.50. The predicted octanol–water partition coefficient (Wildman–Crippen LogP) is 4.78. The highest BCUT2D eigenvalue weighted by Crippen LogP contribution is 2.50. The number of nitrogens with one attached hydrogen (secondary N) is 1. The van der Waals surface area contributed by atoms with E-state index in [0.29, 0.717) is 18.8 Å². The molecule has 0 radical (unpaired) electrons. The first kappa shape index (κ1) is 34.7. The molecule has 1 unspecified atom stereocenters. The molecule has 0 aromatic carbocycles. The van der Waals surface area contributed by atoms with E-state index in [-0.39, 0.29) is 24.5 Å². The van der Waals surface area contributed by atoms with Crippen molar-refractivity contribution in [1.29, 1.82) is 0 Å². The number of nitrogens with zero attached hydrogens (tertiary/aromatic N) is 3. The summed E-state index contributed by atoms with van der Waals surface area (Å²) in [6.45, 7) is 14.5. The van der Waals surface area contributed by atoms with E-state index in [9.17, 15) is 18.5 Å². The standard InChI is InChI=1S/C26H47FN5O6PS/c1-8-19(9-2)12-31(13-20(10-3)11-4)39(35,30-18(7)25(33)37-17(5)6)36-15-23-38-22(16-40-23)32-14-21(27)24(28)29-26(32)34/h14,17-20,22-23H,8-13,15-16H2,1-7H3,(H,30,35)(H2,28,29,34)/t18-,22-,23+,39?/m0/s1. The van der Waals surface area contributed by atoms with E-state index in [1.165, 1.54) is 11.8 Å². The van der Waals surface area contributed by atoms with E-state index in [1.54, 1.807) is 20.8 Å². The number of thioether (sulfide) groups is 1. The Bertz CT molecular complexity index is 1040. The van der Waals surface area contributed by atoms with Crippen molar-refractivity contribution in [1.82, 2.24) is 19.3 Å². The lowest BCUT2D eigenvalue weighted by Crippen LogP contribution is -2.43. The first-order chi connectivity index (χ1) is 18.9. The minimum atomic E-state index is -3.78. The number of rotatable bonds is 17. The molecule has 0 aliphatic carbocycles. The Morgan fingerprint density at radius 2 is 1.80 bits per heavy atom. The average Bonchev–Trinajstić information content (AvgIpc) is 3.38. The van der Waals surface area contributed by atoms with E-state index in [4.69, 9.17) is 19.7 Å². The number of carbonyl (C=O) groups is 1. The predicted molar refractivity (Wildman–Crippen MR) is 156 cm³/mol. The van der Waals surface area contributed by atoms with Crippen LogP contribution in [0, 0.1) is 17.7 Å². The van der Waals surface area contributed by atoms with Gasteiger partial charge >= 0.3 is 19.3 Å². The van der Waals surface area contributed by atoms with E-state index in [2.05, 4.69) is 37.8 Å². The molecule has 3 N–H and O–H groups in total. The molecule has 40 heavy (non-hydrogen) atoms. The van der Waals surface area contributed by atoms with Crippen molar-refractivity contribution in [2.24, 2.45) is 11.8 Å². The van der Waals surface area contributed by atoms with Crippen molar-refractivity contribution < 1.29 is 27.7 Å². The number of nitrogen functional groups attached to an aromatic ring is 1. The van der Waals surface area contributed by atoms with Crippen LogP contribution in [-0.4, -0.2) is 63.2 Å². The lowest BCUT2D eigenvalue weighted by Gasteiger charge is -2.37. The summed E-state index contributed by atoms with van der Waals surface area (Å²) < 4.78 is 49.0. The van der Waals surface area contributed by atoms with Crippen LogP contribution in [0.4, 0.5) is 10.2 Å². The smallest absolute Gasteiger partial charge is 0.351 e. The molecule has 0 spiro atoms. The van der Waals surface area contributed by atoms with Crippen LogP contribution in [-0.2, 0) is 23.4 Å². The molecule has 0 bridgehead atoms. The first-order valence-corrected chi connectivity index (χ1v) is 16.8. The summed E-state index contributed by atoms with van der Waals surface area (Å²) in [4.78, 5) is 28.4. The van der Waals surface area contributed by atoms with Crippen molar-refractivity contribution in [2.75, 3.05) is 31.2 Å². The van der Waals surface area contributed by atoms with E-state index < -0.39 is 48.7 Å². The van der Waals surface area contributed by atoms with Crippen LogP contribution < -0.4 is 16.5 Å². The van der Waals surface area contributed by atoms with Crippen LogP contribution in [0.1, 0.15) is 80.4 Å². The summed E-state index contributed by atoms with van der Waals surface area (Å²) in [5.41, 5.74) is 4.08. The van der Waals surface area contributed by atoms with Crippen molar-refractivity contribution in [3.05, 3.63) is 22.5 Å². The van der Waals surface area contributed by atoms with Gasteiger partial charge in [0.15, 0.2) is 11.6 Å². The van der Waals surface area contributed by atoms with Gasteiger partial charge < -0.3 is 19.7 Å². The molecule has 1 aliphatic heterocycles. The minimum Gasteiger partial charge on any atom is -0.462 e. The van der Waals surface area contributed by atoms with Gasteiger partial charge in [-0.05, 0) is 32.6 Å². The molecule has 14 heteroatoms. The zero-order valence-electron chi connectivity index (χ0n) is 24.8. The fraction of sp³-hybridized carbons (Fsp3) is 0.808. The first-order valence-electron chi connectivity index (χ1n) is 14.2. The molecule has 1 aromatic heterocycles. The molecule has 0 amide bonds. The SMILES string of the molecule is CCC(CC)CN(CC(CC)CC)P(=O)(N[C@@H](C)C(=O)OC(C)C)OC[C@@H]1O[C@H](n2cc(F)c(N)nc2=O)CS1. The van der Waals surface area contributed by atoms with Crippen molar-refractivity contribution in [3.8, 4) is 0 Å². The Labute approximate surface area is 241 Å². The molecule has 1 aromatic rings. The maximum Gasteiger partial charge on any atom is 0.351 e. The largest absolute Gasteiger partial charge is 0.462 e. The number of carbonyl (C=O) groups excluding carboxylic acids is 1. The zero-order valence-corrected chi connectivity index (χ0v) is 26.5. The van der Waals surface area contributed by atoms with Crippen LogP contribution >= 0.6 is 19.4 Å². The van der Waals surface area contributed by atoms with Gasteiger partial charge in [0.1, 0.15) is 17.7 Å². The number of ether oxygens (including phenoxy) is 2. The maximum atomic E-state index is 14.7. The molecule has 2 heterocycles. The number of halogens is 1. The number of aromatic nitrogens is 2. The average molecular weight is 608 g/mol. The van der Waals surface area contributed by atoms with Gasteiger partial charge in [0.05, 0.1) is 18.9 Å². The highest BCUT2D eigenvalue weighted by molar-refractivity contribution is 8.00. The highest BCUT2D eigenvalue weighted by atomic mass is 32.2. The maximum absolute atomic E-state index is 14.7. The second-order valence-electron chi connectivity index (χ2n) is 10.4. The molecular weight excluding hydrogens is 560 g/mol. The van der Waals surface area contributed by atoms with Crippen molar-refractivity contribution >= 4 is 31.2 Å². The molecule has 4 atom stereocenters. The number of hydrogen-bond acceptors (Lipinski definition) is 9. The van der Waals surface area contributed by atoms with Gasteiger partial charge in [0.25, 0.3) is 0 Å². The fourth-order valence-corrected chi connectivity index (χ4v) is 7.63. The van der Waals surface area contributed by atoms with Gasteiger partial charge in [-0.2, -0.15) is 4.98 Å². The molecule has 0 saturated carbocycles. The summed E-state index contributed by atoms with van der Waals surface area (Å²) >= 11 is 1.35. The van der Waals surface area contributed by atoms with Gasteiger partial charge in [-0.25, -0.2) is 18.9 Å². The second kappa shape index (κ2) is 16.2. The van der Waals surface area contributed by atoms with Crippen LogP contribution in [0.3, 0.4) is 0 Å². The Morgan fingerprint density at radius 1 is 1.23 bits per heavy atom. The third-order valence-electron chi connectivity index (χ3n) is 7.05. The molecule has 1 fully saturated rings. The molecule has 1 saturated heterocycles. The number of hydrogen-bond donors (Lipinski definition) is 2. The van der Waals surface area contributed by atoms with Crippen LogP contribution in [0.5, 0.6) is 0 Å². The minimum absolute atomic E-state index is 0.0840. The van der Waals surface area contributed by atoms with E-state index >= 15 is 0 Å². The lowest BCUT2D eigenvalue weighted by atomic mass is 10.0. The molecule has 2 rings (SSSR count). The summed E-state index contributed by atoms with van der Waals surface area (Å²) in [7, 11) is -3.78. The normalized spacial score (nSPS) is 20.0. The fourth-order valence-electron chi connectivity index (χ4n) is 4.31. The number of esters is 1. The molecule has 230 valence electrons. The molecular formula is C26H47FN5O6PS. The van der Waals surface area contributed by atoms with E-state index in [1.807, 2.05) is 4.67 Å². The highest BCUT2D eigenvalue weighted by Gasteiger charge is 2.39. The topological polar surface area (TPSA) is 138 Å². The van der Waals surface area contributed by atoms with Crippen LogP contribution in [0.25, 0.3) is 0 Å². The lowest BCUT2D eigenvalue weighted by molar-refractivity contribution is -0.149. The Morgan fingerprint density at radius 3 is 2.33 bits per heavy atom. The van der Waals surface area contributed by atoms with Gasteiger partial charge in [0, 0.05) is 18.8 Å². The Kier molecular flexibility index (Phi) is 14.1. The number of nitrogens with two attached hydrogens (primary N) is 1. The number of anilines is 1. The summed E-state index contributed by atoms with van der Waals surface area (Å²) in [5, 5.41) is 2.99. The molecule has 1 aliphatic rings. The monoisotopic (exact) mass is 607 g/mol. The quantitative estimate of drug-likeness (QED) is 0.187. The third kappa shape index (κ3) is 9.80. The third-order valence-corrected chi connectivity index (χ3v) is 10.4. The van der Waals surface area contributed by atoms with Crippen molar-refractivity contribution in [2.45, 2.75) is 98.0 Å². The van der Waals surface area contributed by atoms with Gasteiger partial charge in [-0.15, -0.1) is 11.8 Å². The van der Waals surface area contributed by atoms with Gasteiger partial charge in [-0.3, -0.25) is 13.9 Å². The second-order valence-corrected chi connectivity index (χ2v) is 13.7. The summed E-state index contributed by atoms with van der Waals surface area (Å²) in [5.74, 6) is -0.910. The zero-order chi connectivity index (χ0) is 30.0.